The maximum Gasteiger partial charge on any atom is 0.175 e. The van der Waals surface area contributed by atoms with Crippen molar-refractivity contribution >= 4 is 5.65 Å². The Morgan fingerprint density at radius 3 is 2.18 bits per heavy atom. The van der Waals surface area contributed by atoms with Gasteiger partial charge in [0.2, 0.25) is 0 Å². The quantitative estimate of drug-likeness (QED) is 0.190. The lowest BCUT2D eigenvalue weighted by atomic mass is 10.0. The van der Waals surface area contributed by atoms with E-state index in [9.17, 15) is 0 Å². The number of hydrogen-bond donors (Lipinski definition) is 1. The largest absolute Gasteiger partial charge is 0.494 e. The second-order valence-electron chi connectivity index (χ2n) is 9.39. The first kappa shape index (κ1) is 25.3. The molecule has 0 amide bonds. The molecule has 0 saturated carbocycles. The van der Waals surface area contributed by atoms with Crippen LogP contribution in [0.5, 0.6) is 5.75 Å². The standard InChI is InChI=1S/C28H44N4O/c1-2-3-4-5-6-7-8-9-10-11-12-13-14-17-25-18-15-20-27(22-25)33-21-16-19-26-23-28-29-24-30-32(28)31-26/h15,18,20,22-24H,2-14,16-17,19,21H2,1H3,(H,29,30). The molecule has 0 radical (unpaired) electrons. The molecule has 0 aliphatic heterocycles. The van der Waals surface area contributed by atoms with Gasteiger partial charge >= 0.3 is 0 Å². The number of aromatic nitrogens is 4. The summed E-state index contributed by atoms with van der Waals surface area (Å²) in [6.45, 7) is 3.00. The minimum Gasteiger partial charge on any atom is -0.494 e. The van der Waals surface area contributed by atoms with E-state index < -0.39 is 0 Å². The van der Waals surface area contributed by atoms with Crippen LogP contribution in [0.2, 0.25) is 0 Å². The minimum absolute atomic E-state index is 0.709. The summed E-state index contributed by atoms with van der Waals surface area (Å²) in [5.41, 5.74) is 3.31. The highest BCUT2D eigenvalue weighted by molar-refractivity contribution is 5.36. The molecule has 5 nitrogen and oxygen atoms in total. The van der Waals surface area contributed by atoms with Gasteiger partial charge in [0, 0.05) is 6.07 Å². The molecule has 3 aromatic rings. The monoisotopic (exact) mass is 452 g/mol. The molecular weight excluding hydrogens is 408 g/mol. The van der Waals surface area contributed by atoms with Crippen LogP contribution >= 0.6 is 0 Å². The van der Waals surface area contributed by atoms with Gasteiger partial charge in [-0.25, -0.2) is 4.98 Å². The van der Waals surface area contributed by atoms with Crippen LogP contribution < -0.4 is 4.74 Å². The number of unbranched alkanes of at least 4 members (excludes halogenated alkanes) is 12. The lowest BCUT2D eigenvalue weighted by Gasteiger charge is -2.08. The summed E-state index contributed by atoms with van der Waals surface area (Å²) in [5.74, 6) is 0.987. The molecule has 1 N–H and O–H groups in total. The Labute approximate surface area is 200 Å². The Morgan fingerprint density at radius 1 is 0.788 bits per heavy atom. The number of aromatic amines is 1. The zero-order valence-electron chi connectivity index (χ0n) is 20.7. The molecule has 0 aliphatic rings. The highest BCUT2D eigenvalue weighted by Crippen LogP contribution is 2.17. The summed E-state index contributed by atoms with van der Waals surface area (Å²) >= 11 is 0. The second-order valence-corrected chi connectivity index (χ2v) is 9.39. The van der Waals surface area contributed by atoms with E-state index in [2.05, 4.69) is 46.4 Å². The third-order valence-electron chi connectivity index (χ3n) is 6.43. The SMILES string of the molecule is CCCCCCCCCCCCCCCc1cccc(OCCCc2cc3nc[nH]n3n2)c1. The van der Waals surface area contributed by atoms with Crippen molar-refractivity contribution in [3.8, 4) is 5.75 Å². The number of hydrogen-bond acceptors (Lipinski definition) is 3. The molecule has 0 spiro atoms. The zero-order valence-corrected chi connectivity index (χ0v) is 20.7. The Balaban J connectivity index is 1.17. The van der Waals surface area contributed by atoms with E-state index in [-0.39, 0.29) is 0 Å². The first-order chi connectivity index (χ1) is 16.3. The van der Waals surface area contributed by atoms with Gasteiger partial charge in [-0.15, -0.1) is 0 Å². The lowest BCUT2D eigenvalue weighted by Crippen LogP contribution is -2.00. The van der Waals surface area contributed by atoms with Gasteiger partial charge in [0.25, 0.3) is 0 Å². The van der Waals surface area contributed by atoms with E-state index in [0.717, 1.165) is 36.4 Å². The highest BCUT2D eigenvalue weighted by Gasteiger charge is 2.04. The van der Waals surface area contributed by atoms with Crippen LogP contribution in [0, 0.1) is 0 Å². The number of aryl methyl sites for hydroxylation is 2. The van der Waals surface area contributed by atoms with Gasteiger partial charge in [0.1, 0.15) is 12.1 Å². The predicted octanol–water partition coefficient (Wildman–Crippen LogP) is 7.70. The van der Waals surface area contributed by atoms with Gasteiger partial charge in [-0.05, 0) is 43.4 Å². The van der Waals surface area contributed by atoms with Gasteiger partial charge in [-0.1, -0.05) is 96.1 Å². The molecule has 0 unspecified atom stereocenters. The minimum atomic E-state index is 0.709. The Morgan fingerprint density at radius 2 is 1.48 bits per heavy atom. The first-order valence-electron chi connectivity index (χ1n) is 13.4. The van der Waals surface area contributed by atoms with Crippen molar-refractivity contribution in [1.82, 2.24) is 19.8 Å². The van der Waals surface area contributed by atoms with E-state index in [4.69, 9.17) is 4.74 Å². The number of rotatable bonds is 19. The van der Waals surface area contributed by atoms with Gasteiger partial charge in [-0.2, -0.15) is 9.73 Å². The number of nitrogens with zero attached hydrogens (tertiary/aromatic N) is 3. The molecule has 0 bridgehead atoms. The molecule has 0 saturated heterocycles. The van der Waals surface area contributed by atoms with Crippen LogP contribution in [-0.4, -0.2) is 26.4 Å². The van der Waals surface area contributed by atoms with Gasteiger partial charge in [-0.3, -0.25) is 5.10 Å². The summed E-state index contributed by atoms with van der Waals surface area (Å²) in [6.07, 6.45) is 22.9. The Bertz CT molecular complexity index is 856. The van der Waals surface area contributed by atoms with Crippen molar-refractivity contribution in [2.24, 2.45) is 0 Å². The second kappa shape index (κ2) is 15.5. The van der Waals surface area contributed by atoms with E-state index >= 15 is 0 Å². The number of H-pyrrole nitrogens is 1. The van der Waals surface area contributed by atoms with Crippen molar-refractivity contribution in [2.45, 2.75) is 110 Å². The summed E-state index contributed by atoms with van der Waals surface area (Å²) in [7, 11) is 0. The average Bonchev–Trinajstić information content (AvgIpc) is 3.42. The van der Waals surface area contributed by atoms with Crippen LogP contribution in [0.15, 0.2) is 36.7 Å². The molecule has 5 heteroatoms. The summed E-state index contributed by atoms with van der Waals surface area (Å²) < 4.78 is 7.69. The highest BCUT2D eigenvalue weighted by atomic mass is 16.5. The summed E-state index contributed by atoms with van der Waals surface area (Å²) in [4.78, 5) is 4.20. The maximum absolute atomic E-state index is 5.98. The molecule has 0 fully saturated rings. The smallest absolute Gasteiger partial charge is 0.175 e. The van der Waals surface area contributed by atoms with Gasteiger partial charge in [0.15, 0.2) is 5.65 Å². The van der Waals surface area contributed by atoms with Crippen LogP contribution in [-0.2, 0) is 12.8 Å². The fourth-order valence-corrected chi connectivity index (χ4v) is 4.46. The average molecular weight is 453 g/mol. The van der Waals surface area contributed by atoms with Crippen LogP contribution in [0.3, 0.4) is 0 Å². The molecule has 0 aliphatic carbocycles. The van der Waals surface area contributed by atoms with Gasteiger partial charge in [0.05, 0.1) is 12.3 Å². The van der Waals surface area contributed by atoms with Crippen molar-refractivity contribution in [3.63, 3.8) is 0 Å². The van der Waals surface area contributed by atoms with Crippen molar-refractivity contribution in [3.05, 3.63) is 47.9 Å². The topological polar surface area (TPSA) is 55.2 Å². The predicted molar refractivity (Wildman–Crippen MR) is 137 cm³/mol. The van der Waals surface area contributed by atoms with Crippen molar-refractivity contribution in [2.75, 3.05) is 6.61 Å². The Hall–Kier alpha value is -2.30. The maximum atomic E-state index is 5.98. The summed E-state index contributed by atoms with van der Waals surface area (Å²) in [6, 6.07) is 10.7. The third kappa shape index (κ3) is 10.0. The summed E-state index contributed by atoms with van der Waals surface area (Å²) in [5, 5.41) is 7.43. The lowest BCUT2D eigenvalue weighted by molar-refractivity contribution is 0.310. The molecule has 3 rings (SSSR count). The van der Waals surface area contributed by atoms with Crippen LogP contribution in [0.25, 0.3) is 5.65 Å². The molecule has 2 heterocycles. The molecule has 0 atom stereocenters. The molecular formula is C28H44N4O. The normalized spacial score (nSPS) is 11.4. The van der Waals surface area contributed by atoms with Crippen molar-refractivity contribution in [1.29, 1.82) is 0 Å². The molecule has 33 heavy (non-hydrogen) atoms. The van der Waals surface area contributed by atoms with E-state index in [1.807, 2.05) is 6.07 Å². The number of nitrogens with one attached hydrogen (secondary N) is 1. The fourth-order valence-electron chi connectivity index (χ4n) is 4.46. The van der Waals surface area contributed by atoms with Crippen molar-refractivity contribution < 1.29 is 4.74 Å². The van der Waals surface area contributed by atoms with Crippen LogP contribution in [0.4, 0.5) is 0 Å². The van der Waals surface area contributed by atoms with E-state index in [1.54, 1.807) is 11.0 Å². The third-order valence-corrected chi connectivity index (χ3v) is 6.43. The molecule has 182 valence electrons. The molecule has 1 aromatic carbocycles. The zero-order chi connectivity index (χ0) is 23.0. The fraction of sp³-hybridized carbons (Fsp3) is 0.643. The Kier molecular flexibility index (Phi) is 11.9. The number of fused-ring (bicyclic) bond motifs is 1. The number of ether oxygens (including phenoxy) is 1. The van der Waals surface area contributed by atoms with Gasteiger partial charge < -0.3 is 4.74 Å². The molecule has 2 aromatic heterocycles. The van der Waals surface area contributed by atoms with E-state index in [1.165, 1.54) is 89.0 Å². The van der Waals surface area contributed by atoms with Crippen LogP contribution in [0.1, 0.15) is 108 Å². The van der Waals surface area contributed by atoms with E-state index in [0.29, 0.717) is 6.61 Å². The number of benzene rings is 1. The first-order valence-corrected chi connectivity index (χ1v) is 13.4.